The van der Waals surface area contributed by atoms with Gasteiger partial charge in [0.1, 0.15) is 17.3 Å². The Bertz CT molecular complexity index is 736. The zero-order chi connectivity index (χ0) is 15.6. The molecule has 114 valence electrons. The highest BCUT2D eigenvalue weighted by Crippen LogP contribution is 2.25. The van der Waals surface area contributed by atoms with Gasteiger partial charge < -0.3 is 9.30 Å². The summed E-state index contributed by atoms with van der Waals surface area (Å²) in [5, 5.41) is 5.23. The van der Waals surface area contributed by atoms with Crippen LogP contribution in [0.2, 0.25) is 0 Å². The normalized spacial score (nSPS) is 11.9. The van der Waals surface area contributed by atoms with Gasteiger partial charge in [-0.25, -0.2) is 18.5 Å². The van der Waals surface area contributed by atoms with E-state index in [9.17, 15) is 8.42 Å². The summed E-state index contributed by atoms with van der Waals surface area (Å²) in [6.07, 6.45) is 3.42. The van der Waals surface area contributed by atoms with Crippen LogP contribution < -0.4 is 9.88 Å². The van der Waals surface area contributed by atoms with E-state index in [-0.39, 0.29) is 23.3 Å². The largest absolute Gasteiger partial charge is 0.486 e. The Labute approximate surface area is 124 Å². The van der Waals surface area contributed by atoms with Crippen molar-refractivity contribution in [2.45, 2.75) is 38.3 Å². The van der Waals surface area contributed by atoms with Crippen LogP contribution in [0.1, 0.15) is 31.1 Å². The van der Waals surface area contributed by atoms with Gasteiger partial charge in [-0.3, -0.25) is 0 Å². The van der Waals surface area contributed by atoms with Crippen molar-refractivity contribution in [1.29, 1.82) is 0 Å². The van der Waals surface area contributed by atoms with Crippen molar-refractivity contribution in [3.63, 3.8) is 0 Å². The second-order valence-electron chi connectivity index (χ2n) is 5.17. The van der Waals surface area contributed by atoms with Crippen molar-refractivity contribution in [3.8, 4) is 5.75 Å². The maximum Gasteiger partial charge on any atom is 0.241 e. The molecule has 6 nitrogen and oxygen atoms in total. The molecule has 0 aliphatic heterocycles. The molecule has 0 spiro atoms. The van der Waals surface area contributed by atoms with E-state index in [0.717, 1.165) is 11.3 Å². The van der Waals surface area contributed by atoms with Crippen LogP contribution >= 0.6 is 0 Å². The van der Waals surface area contributed by atoms with E-state index in [1.807, 2.05) is 18.4 Å². The highest BCUT2D eigenvalue weighted by molar-refractivity contribution is 7.89. The fraction of sp³-hybridized carbons (Fsp3) is 0.357. The minimum absolute atomic E-state index is 0.00175. The molecule has 0 fully saturated rings. The Balaban J connectivity index is 2.27. The van der Waals surface area contributed by atoms with Gasteiger partial charge in [-0.15, -0.1) is 0 Å². The van der Waals surface area contributed by atoms with Crippen LogP contribution in [-0.2, 0) is 16.6 Å². The van der Waals surface area contributed by atoms with Crippen molar-refractivity contribution < 1.29 is 13.2 Å². The average molecular weight is 309 g/mol. The number of hydrogen-bond donors (Lipinski definition) is 1. The number of primary sulfonamides is 1. The fourth-order valence-electron chi connectivity index (χ4n) is 2.02. The number of hydrogen-bond acceptors (Lipinski definition) is 4. The Kier molecular flexibility index (Phi) is 4.34. The molecule has 2 aromatic rings. The first kappa shape index (κ1) is 15.5. The number of aryl methyl sites for hydroxylation is 1. The van der Waals surface area contributed by atoms with E-state index in [2.05, 4.69) is 4.98 Å². The SMILES string of the molecule is Cc1ccc(OCc2cncn2C(C)C)c(S(N)(=O)=O)c1. The predicted molar refractivity (Wildman–Crippen MR) is 79.5 cm³/mol. The number of imidazole rings is 1. The third kappa shape index (κ3) is 3.62. The Morgan fingerprint density at radius 1 is 1.38 bits per heavy atom. The lowest BCUT2D eigenvalue weighted by atomic mass is 10.2. The smallest absolute Gasteiger partial charge is 0.241 e. The van der Waals surface area contributed by atoms with Crippen LogP contribution in [0.25, 0.3) is 0 Å². The number of nitrogens with two attached hydrogens (primary N) is 1. The second-order valence-corrected chi connectivity index (χ2v) is 6.70. The fourth-order valence-corrected chi connectivity index (χ4v) is 2.77. The summed E-state index contributed by atoms with van der Waals surface area (Å²) < 4.78 is 30.8. The number of ether oxygens (including phenoxy) is 1. The monoisotopic (exact) mass is 309 g/mol. The summed E-state index contributed by atoms with van der Waals surface area (Å²) in [6, 6.07) is 5.15. The summed E-state index contributed by atoms with van der Waals surface area (Å²) in [5.41, 5.74) is 1.67. The van der Waals surface area contributed by atoms with Gasteiger partial charge in [0, 0.05) is 6.04 Å². The quantitative estimate of drug-likeness (QED) is 0.915. The minimum atomic E-state index is -3.82. The van der Waals surface area contributed by atoms with E-state index in [1.54, 1.807) is 31.6 Å². The zero-order valence-electron chi connectivity index (χ0n) is 12.3. The maximum atomic E-state index is 11.6. The summed E-state index contributed by atoms with van der Waals surface area (Å²) in [7, 11) is -3.82. The number of nitrogens with zero attached hydrogens (tertiary/aromatic N) is 2. The third-order valence-corrected chi connectivity index (χ3v) is 4.02. The number of aromatic nitrogens is 2. The van der Waals surface area contributed by atoms with Gasteiger partial charge >= 0.3 is 0 Å². The summed E-state index contributed by atoms with van der Waals surface area (Å²) >= 11 is 0. The Morgan fingerprint density at radius 2 is 2.10 bits per heavy atom. The first-order valence-corrected chi connectivity index (χ1v) is 8.10. The molecule has 0 bridgehead atoms. The van der Waals surface area contributed by atoms with E-state index in [0.29, 0.717) is 0 Å². The molecule has 2 rings (SSSR count). The van der Waals surface area contributed by atoms with Gasteiger partial charge in [0.05, 0.1) is 18.2 Å². The molecule has 0 aliphatic carbocycles. The molecule has 1 aromatic carbocycles. The molecule has 0 unspecified atom stereocenters. The minimum Gasteiger partial charge on any atom is -0.486 e. The highest BCUT2D eigenvalue weighted by atomic mass is 32.2. The second kappa shape index (κ2) is 5.87. The standard InChI is InChI=1S/C14H19N3O3S/c1-10(2)17-9-16-7-12(17)8-20-13-5-4-11(3)6-14(13)21(15,18)19/h4-7,9-10H,8H2,1-3H3,(H2,15,18,19). The van der Waals surface area contributed by atoms with Crippen molar-refractivity contribution in [1.82, 2.24) is 9.55 Å². The van der Waals surface area contributed by atoms with Crippen LogP contribution in [0.15, 0.2) is 35.6 Å². The van der Waals surface area contributed by atoms with Crippen molar-refractivity contribution in [3.05, 3.63) is 42.0 Å². The van der Waals surface area contributed by atoms with Crippen LogP contribution in [0.3, 0.4) is 0 Å². The molecule has 0 amide bonds. The van der Waals surface area contributed by atoms with Crippen LogP contribution in [0.5, 0.6) is 5.75 Å². The molecule has 1 aromatic heterocycles. The molecule has 1 heterocycles. The maximum absolute atomic E-state index is 11.6. The molecule has 21 heavy (non-hydrogen) atoms. The van der Waals surface area contributed by atoms with Gasteiger partial charge in [0.15, 0.2) is 0 Å². The third-order valence-electron chi connectivity index (χ3n) is 3.08. The highest BCUT2D eigenvalue weighted by Gasteiger charge is 2.16. The molecular formula is C14H19N3O3S. The van der Waals surface area contributed by atoms with Crippen molar-refractivity contribution in [2.24, 2.45) is 5.14 Å². The van der Waals surface area contributed by atoms with Gasteiger partial charge in [-0.2, -0.15) is 0 Å². The van der Waals surface area contributed by atoms with Gasteiger partial charge in [0.2, 0.25) is 10.0 Å². The average Bonchev–Trinajstić information content (AvgIpc) is 2.84. The summed E-state index contributed by atoms with van der Waals surface area (Å²) in [5.74, 6) is 0.250. The molecular weight excluding hydrogens is 290 g/mol. The Morgan fingerprint density at radius 3 is 2.71 bits per heavy atom. The summed E-state index contributed by atoms with van der Waals surface area (Å²) in [4.78, 5) is 4.08. The zero-order valence-corrected chi connectivity index (χ0v) is 13.1. The molecule has 2 N–H and O–H groups in total. The van der Waals surface area contributed by atoms with Crippen molar-refractivity contribution in [2.75, 3.05) is 0 Å². The lowest BCUT2D eigenvalue weighted by Gasteiger charge is -2.14. The molecule has 7 heteroatoms. The van der Waals surface area contributed by atoms with E-state index >= 15 is 0 Å². The van der Waals surface area contributed by atoms with E-state index < -0.39 is 10.0 Å². The van der Waals surface area contributed by atoms with Gasteiger partial charge in [-0.1, -0.05) is 6.07 Å². The molecule has 0 radical (unpaired) electrons. The van der Waals surface area contributed by atoms with Crippen molar-refractivity contribution >= 4 is 10.0 Å². The van der Waals surface area contributed by atoms with Gasteiger partial charge in [0.25, 0.3) is 0 Å². The number of benzene rings is 1. The topological polar surface area (TPSA) is 87.2 Å². The molecule has 0 saturated carbocycles. The van der Waals surface area contributed by atoms with E-state index in [4.69, 9.17) is 9.88 Å². The van der Waals surface area contributed by atoms with Gasteiger partial charge in [-0.05, 0) is 38.5 Å². The first-order chi connectivity index (χ1) is 9.79. The van der Waals surface area contributed by atoms with Crippen LogP contribution in [0, 0.1) is 6.92 Å². The lowest BCUT2D eigenvalue weighted by molar-refractivity contribution is 0.284. The number of sulfonamides is 1. The molecule has 0 aliphatic rings. The Hall–Kier alpha value is -1.86. The first-order valence-electron chi connectivity index (χ1n) is 6.56. The van der Waals surface area contributed by atoms with E-state index in [1.165, 1.54) is 6.07 Å². The molecule has 0 atom stereocenters. The van der Waals surface area contributed by atoms with Crippen LogP contribution in [0.4, 0.5) is 0 Å². The number of rotatable bonds is 5. The predicted octanol–water partition coefficient (Wildman–Crippen LogP) is 2.00. The lowest BCUT2D eigenvalue weighted by Crippen LogP contribution is -2.15. The van der Waals surface area contributed by atoms with Crippen LogP contribution in [-0.4, -0.2) is 18.0 Å². The molecule has 0 saturated heterocycles. The summed E-state index contributed by atoms with van der Waals surface area (Å²) in [6.45, 7) is 6.09.